The van der Waals surface area contributed by atoms with E-state index in [9.17, 15) is 4.79 Å². The van der Waals surface area contributed by atoms with Gasteiger partial charge in [-0.15, -0.1) is 11.3 Å². The maximum Gasteiger partial charge on any atom is 0.224 e. The van der Waals surface area contributed by atoms with Crippen molar-refractivity contribution in [2.45, 2.75) is 32.7 Å². The molecule has 0 aliphatic carbocycles. The van der Waals surface area contributed by atoms with Crippen molar-refractivity contribution in [3.05, 3.63) is 34.9 Å². The van der Waals surface area contributed by atoms with Crippen LogP contribution in [-0.4, -0.2) is 28.5 Å². The molecule has 0 saturated heterocycles. The SMILES string of the molecule is CC(N)C(C)C(=O)NCCCc1nc(-c2ccncc2)cs1. The van der Waals surface area contributed by atoms with E-state index in [1.165, 1.54) is 0 Å². The quantitative estimate of drug-likeness (QED) is 0.767. The number of thiazole rings is 1. The Morgan fingerprint density at radius 2 is 2.09 bits per heavy atom. The smallest absolute Gasteiger partial charge is 0.224 e. The van der Waals surface area contributed by atoms with Crippen molar-refractivity contribution >= 4 is 17.2 Å². The van der Waals surface area contributed by atoms with E-state index in [1.807, 2.05) is 26.0 Å². The summed E-state index contributed by atoms with van der Waals surface area (Å²) in [6, 6.07) is 3.78. The number of carbonyl (C=O) groups is 1. The standard InChI is InChI=1S/C16H22N4OS/c1-11(12(2)17)16(21)19-7-3-4-15-20-14(10-22-15)13-5-8-18-9-6-13/h5-6,8-12H,3-4,7,17H2,1-2H3,(H,19,21). The lowest BCUT2D eigenvalue weighted by Gasteiger charge is -2.14. The van der Waals surface area contributed by atoms with Crippen LogP contribution in [0.15, 0.2) is 29.9 Å². The van der Waals surface area contributed by atoms with Crippen LogP contribution in [0.5, 0.6) is 0 Å². The number of amides is 1. The van der Waals surface area contributed by atoms with Crippen molar-refractivity contribution < 1.29 is 4.79 Å². The van der Waals surface area contributed by atoms with Crippen molar-refractivity contribution in [1.82, 2.24) is 15.3 Å². The number of hydrogen-bond donors (Lipinski definition) is 2. The third-order valence-corrected chi connectivity index (χ3v) is 4.51. The minimum Gasteiger partial charge on any atom is -0.356 e. The molecule has 118 valence electrons. The van der Waals surface area contributed by atoms with Crippen LogP contribution in [0, 0.1) is 5.92 Å². The zero-order valence-electron chi connectivity index (χ0n) is 13.0. The van der Waals surface area contributed by atoms with Crippen LogP contribution in [0.25, 0.3) is 11.3 Å². The molecular weight excluding hydrogens is 296 g/mol. The van der Waals surface area contributed by atoms with Crippen LogP contribution in [0.4, 0.5) is 0 Å². The molecule has 1 amide bonds. The molecule has 5 nitrogen and oxygen atoms in total. The van der Waals surface area contributed by atoms with E-state index in [-0.39, 0.29) is 17.9 Å². The second-order valence-electron chi connectivity index (χ2n) is 5.40. The van der Waals surface area contributed by atoms with E-state index >= 15 is 0 Å². The number of nitrogens with two attached hydrogens (primary N) is 1. The predicted octanol–water partition coefficient (Wildman–Crippen LogP) is 2.24. The van der Waals surface area contributed by atoms with Gasteiger partial charge in [-0.1, -0.05) is 6.92 Å². The molecule has 0 aromatic carbocycles. The minimum atomic E-state index is -0.154. The lowest BCUT2D eigenvalue weighted by Crippen LogP contribution is -2.39. The zero-order valence-corrected chi connectivity index (χ0v) is 13.8. The highest BCUT2D eigenvalue weighted by molar-refractivity contribution is 7.09. The molecule has 0 aliphatic rings. The number of carbonyl (C=O) groups excluding carboxylic acids is 1. The molecule has 2 aromatic heterocycles. The van der Waals surface area contributed by atoms with Gasteiger partial charge in [0.05, 0.1) is 10.7 Å². The van der Waals surface area contributed by atoms with E-state index in [1.54, 1.807) is 23.7 Å². The maximum absolute atomic E-state index is 11.8. The largest absolute Gasteiger partial charge is 0.356 e. The third-order valence-electron chi connectivity index (χ3n) is 3.60. The van der Waals surface area contributed by atoms with Gasteiger partial charge in [-0.3, -0.25) is 9.78 Å². The lowest BCUT2D eigenvalue weighted by atomic mass is 10.0. The summed E-state index contributed by atoms with van der Waals surface area (Å²) in [6.07, 6.45) is 5.27. The molecule has 0 spiro atoms. The minimum absolute atomic E-state index is 0.0200. The van der Waals surface area contributed by atoms with E-state index in [4.69, 9.17) is 5.73 Å². The van der Waals surface area contributed by atoms with Gasteiger partial charge in [-0.05, 0) is 25.5 Å². The molecule has 2 heterocycles. The number of hydrogen-bond acceptors (Lipinski definition) is 5. The van der Waals surface area contributed by atoms with Crippen molar-refractivity contribution in [3.8, 4) is 11.3 Å². The van der Waals surface area contributed by atoms with Crippen LogP contribution in [0.1, 0.15) is 25.3 Å². The van der Waals surface area contributed by atoms with E-state index < -0.39 is 0 Å². The molecule has 0 saturated carbocycles. The molecule has 6 heteroatoms. The Bertz CT molecular complexity index is 597. The predicted molar refractivity (Wildman–Crippen MR) is 89.5 cm³/mol. The second-order valence-corrected chi connectivity index (χ2v) is 6.35. The normalized spacial score (nSPS) is 13.6. The monoisotopic (exact) mass is 318 g/mol. The van der Waals surface area contributed by atoms with Crippen LogP contribution < -0.4 is 11.1 Å². The molecule has 22 heavy (non-hydrogen) atoms. The summed E-state index contributed by atoms with van der Waals surface area (Å²) in [5, 5.41) is 6.06. The van der Waals surface area contributed by atoms with Crippen LogP contribution in [-0.2, 0) is 11.2 Å². The summed E-state index contributed by atoms with van der Waals surface area (Å²) in [5.41, 5.74) is 7.78. The third kappa shape index (κ3) is 4.61. The fraction of sp³-hybridized carbons (Fsp3) is 0.438. The first-order valence-electron chi connectivity index (χ1n) is 7.46. The molecule has 3 N–H and O–H groups in total. The van der Waals surface area contributed by atoms with Gasteiger partial charge in [0.1, 0.15) is 0 Å². The summed E-state index contributed by atoms with van der Waals surface area (Å²) in [5.74, 6) is -0.134. The van der Waals surface area contributed by atoms with Crippen molar-refractivity contribution in [3.63, 3.8) is 0 Å². The van der Waals surface area contributed by atoms with E-state index in [0.717, 1.165) is 29.1 Å². The molecule has 2 unspecified atom stereocenters. The molecule has 0 aliphatic heterocycles. The molecule has 2 rings (SSSR count). The van der Waals surface area contributed by atoms with Crippen molar-refractivity contribution in [1.29, 1.82) is 0 Å². The van der Waals surface area contributed by atoms with E-state index in [0.29, 0.717) is 6.54 Å². The number of nitrogens with one attached hydrogen (secondary N) is 1. The van der Waals surface area contributed by atoms with Gasteiger partial charge in [-0.25, -0.2) is 4.98 Å². The number of nitrogens with zero attached hydrogens (tertiary/aromatic N) is 2. The van der Waals surface area contributed by atoms with Gasteiger partial charge in [0.25, 0.3) is 0 Å². The van der Waals surface area contributed by atoms with Gasteiger partial charge in [0.2, 0.25) is 5.91 Å². The molecule has 2 aromatic rings. The molecule has 0 bridgehead atoms. The fourth-order valence-corrected chi connectivity index (χ4v) is 2.78. The van der Waals surface area contributed by atoms with Gasteiger partial charge in [0, 0.05) is 48.3 Å². The average molecular weight is 318 g/mol. The van der Waals surface area contributed by atoms with Crippen molar-refractivity contribution in [2.24, 2.45) is 11.7 Å². The van der Waals surface area contributed by atoms with Crippen LogP contribution >= 0.6 is 11.3 Å². The summed E-state index contributed by atoms with van der Waals surface area (Å²) < 4.78 is 0. The van der Waals surface area contributed by atoms with Crippen LogP contribution in [0.3, 0.4) is 0 Å². The fourth-order valence-electron chi connectivity index (χ4n) is 1.93. The molecule has 0 fully saturated rings. The number of rotatable bonds is 7. The Hall–Kier alpha value is -1.79. The lowest BCUT2D eigenvalue weighted by molar-refractivity contribution is -0.124. The Balaban J connectivity index is 1.77. The summed E-state index contributed by atoms with van der Waals surface area (Å²) in [7, 11) is 0. The topological polar surface area (TPSA) is 80.9 Å². The van der Waals surface area contributed by atoms with Crippen LogP contribution in [0.2, 0.25) is 0 Å². The average Bonchev–Trinajstić information content (AvgIpc) is 3.00. The highest BCUT2D eigenvalue weighted by Crippen LogP contribution is 2.21. The van der Waals surface area contributed by atoms with Crippen molar-refractivity contribution in [2.75, 3.05) is 6.54 Å². The summed E-state index contributed by atoms with van der Waals surface area (Å²) in [6.45, 7) is 4.35. The molecule has 0 radical (unpaired) electrons. The van der Waals surface area contributed by atoms with Gasteiger partial charge >= 0.3 is 0 Å². The number of pyridine rings is 1. The summed E-state index contributed by atoms with van der Waals surface area (Å²) in [4.78, 5) is 20.4. The summed E-state index contributed by atoms with van der Waals surface area (Å²) >= 11 is 1.65. The highest BCUT2D eigenvalue weighted by Gasteiger charge is 2.16. The zero-order chi connectivity index (χ0) is 15.9. The Morgan fingerprint density at radius 3 is 2.77 bits per heavy atom. The molecular formula is C16H22N4OS. The first-order chi connectivity index (χ1) is 10.6. The van der Waals surface area contributed by atoms with Gasteiger partial charge in [-0.2, -0.15) is 0 Å². The first-order valence-corrected chi connectivity index (χ1v) is 8.34. The van der Waals surface area contributed by atoms with E-state index in [2.05, 4.69) is 20.7 Å². The highest BCUT2D eigenvalue weighted by atomic mass is 32.1. The number of aryl methyl sites for hydroxylation is 1. The first kappa shape index (κ1) is 16.6. The Labute approximate surface area is 135 Å². The number of aromatic nitrogens is 2. The Morgan fingerprint density at radius 1 is 1.36 bits per heavy atom. The second kappa shape index (κ2) is 8.00. The van der Waals surface area contributed by atoms with Gasteiger partial charge in [0.15, 0.2) is 0 Å². The molecule has 2 atom stereocenters. The maximum atomic E-state index is 11.8. The van der Waals surface area contributed by atoms with Gasteiger partial charge < -0.3 is 11.1 Å². The Kier molecular flexibility index (Phi) is 6.03.